The summed E-state index contributed by atoms with van der Waals surface area (Å²) in [5, 5.41) is 2.05. The summed E-state index contributed by atoms with van der Waals surface area (Å²) in [6.45, 7) is 10.1. The third-order valence-electron chi connectivity index (χ3n) is 3.32. The molecule has 1 aliphatic heterocycles. The largest absolute Gasteiger partial charge is 0.378 e. The SMILES string of the molecule is Cc1nc(N2CCOCC2)sc1C=C(CBr)C(C)C. The van der Waals surface area contributed by atoms with Gasteiger partial charge in [-0.25, -0.2) is 4.98 Å². The van der Waals surface area contributed by atoms with Crippen LogP contribution in [0.4, 0.5) is 5.13 Å². The molecule has 2 heterocycles. The Morgan fingerprint density at radius 1 is 1.47 bits per heavy atom. The quantitative estimate of drug-likeness (QED) is 0.778. The number of morpholine rings is 1. The fourth-order valence-corrected chi connectivity index (χ4v) is 3.85. The van der Waals surface area contributed by atoms with Crippen LogP contribution in [0.5, 0.6) is 0 Å². The maximum Gasteiger partial charge on any atom is 0.186 e. The van der Waals surface area contributed by atoms with Crippen molar-refractivity contribution in [2.24, 2.45) is 5.92 Å². The number of halogens is 1. The van der Waals surface area contributed by atoms with Crippen molar-refractivity contribution < 1.29 is 4.74 Å². The van der Waals surface area contributed by atoms with Crippen molar-refractivity contribution in [3.63, 3.8) is 0 Å². The molecule has 106 valence electrons. The number of alkyl halides is 1. The van der Waals surface area contributed by atoms with Crippen molar-refractivity contribution in [3.8, 4) is 0 Å². The van der Waals surface area contributed by atoms with Crippen LogP contribution in [0, 0.1) is 12.8 Å². The maximum absolute atomic E-state index is 5.39. The van der Waals surface area contributed by atoms with Gasteiger partial charge in [0.2, 0.25) is 0 Å². The summed E-state index contributed by atoms with van der Waals surface area (Å²) in [6.07, 6.45) is 2.29. The van der Waals surface area contributed by atoms with Crippen LogP contribution < -0.4 is 4.90 Å². The molecule has 0 aromatic carbocycles. The second kappa shape index (κ2) is 6.86. The molecule has 3 nitrogen and oxygen atoms in total. The molecule has 0 radical (unpaired) electrons. The lowest BCUT2D eigenvalue weighted by molar-refractivity contribution is 0.122. The molecule has 1 fully saturated rings. The van der Waals surface area contributed by atoms with Crippen LogP contribution in [-0.4, -0.2) is 36.6 Å². The normalized spacial score (nSPS) is 17.3. The Bertz CT molecular complexity index is 450. The average molecular weight is 345 g/mol. The number of rotatable bonds is 4. The van der Waals surface area contributed by atoms with Crippen molar-refractivity contribution in [1.29, 1.82) is 0 Å². The zero-order valence-electron chi connectivity index (χ0n) is 11.8. The second-order valence-electron chi connectivity index (χ2n) is 5.05. The van der Waals surface area contributed by atoms with Crippen LogP contribution in [0.15, 0.2) is 5.57 Å². The van der Waals surface area contributed by atoms with Crippen molar-refractivity contribution in [3.05, 3.63) is 16.1 Å². The van der Waals surface area contributed by atoms with E-state index < -0.39 is 0 Å². The minimum absolute atomic E-state index is 0.563. The average Bonchev–Trinajstić information content (AvgIpc) is 2.78. The smallest absolute Gasteiger partial charge is 0.186 e. The number of ether oxygens (including phenoxy) is 1. The lowest BCUT2D eigenvalue weighted by Gasteiger charge is -2.26. The summed E-state index contributed by atoms with van der Waals surface area (Å²) in [7, 11) is 0. The summed E-state index contributed by atoms with van der Waals surface area (Å²) in [5.41, 5.74) is 2.55. The zero-order chi connectivity index (χ0) is 13.8. The Hall–Kier alpha value is -0.390. The van der Waals surface area contributed by atoms with Gasteiger partial charge in [-0.05, 0) is 18.9 Å². The Morgan fingerprint density at radius 3 is 2.74 bits per heavy atom. The molecular formula is C14H21BrN2OS. The topological polar surface area (TPSA) is 25.4 Å². The van der Waals surface area contributed by atoms with Gasteiger partial charge in [-0.15, -0.1) is 0 Å². The second-order valence-corrected chi connectivity index (χ2v) is 6.62. The van der Waals surface area contributed by atoms with Crippen LogP contribution in [0.2, 0.25) is 0 Å². The van der Waals surface area contributed by atoms with E-state index in [1.807, 2.05) is 0 Å². The van der Waals surface area contributed by atoms with Gasteiger partial charge in [0.1, 0.15) is 0 Å². The van der Waals surface area contributed by atoms with Gasteiger partial charge >= 0.3 is 0 Å². The first kappa shape index (κ1) is 15.0. The van der Waals surface area contributed by atoms with Crippen LogP contribution in [0.3, 0.4) is 0 Å². The summed E-state index contributed by atoms with van der Waals surface area (Å²) >= 11 is 5.36. The third-order valence-corrected chi connectivity index (χ3v) is 5.13. The molecule has 19 heavy (non-hydrogen) atoms. The Morgan fingerprint density at radius 2 is 2.16 bits per heavy atom. The van der Waals surface area contributed by atoms with Crippen LogP contribution in [0.1, 0.15) is 24.4 Å². The fourth-order valence-electron chi connectivity index (χ4n) is 1.95. The molecule has 0 bridgehead atoms. The van der Waals surface area contributed by atoms with E-state index in [0.29, 0.717) is 5.92 Å². The minimum Gasteiger partial charge on any atom is -0.378 e. The van der Waals surface area contributed by atoms with Crippen molar-refractivity contribution in [1.82, 2.24) is 4.98 Å². The molecule has 5 heteroatoms. The highest BCUT2D eigenvalue weighted by Gasteiger charge is 2.16. The molecule has 1 aromatic heterocycles. The predicted molar refractivity (Wildman–Crippen MR) is 86.5 cm³/mol. The van der Waals surface area contributed by atoms with Gasteiger partial charge in [-0.1, -0.05) is 46.7 Å². The molecule has 2 rings (SSSR count). The monoisotopic (exact) mass is 344 g/mol. The van der Waals surface area contributed by atoms with Gasteiger partial charge in [0, 0.05) is 18.4 Å². The number of hydrogen-bond donors (Lipinski definition) is 0. The first-order valence-electron chi connectivity index (χ1n) is 6.68. The van der Waals surface area contributed by atoms with E-state index >= 15 is 0 Å². The van der Waals surface area contributed by atoms with Crippen molar-refractivity contribution in [2.45, 2.75) is 20.8 Å². The van der Waals surface area contributed by atoms with Crippen LogP contribution in [-0.2, 0) is 4.74 Å². The minimum atomic E-state index is 0.563. The Labute approximate surface area is 127 Å². The number of thiazole rings is 1. The lowest BCUT2D eigenvalue weighted by atomic mass is 10.0. The van der Waals surface area contributed by atoms with E-state index in [1.54, 1.807) is 11.3 Å². The van der Waals surface area contributed by atoms with E-state index in [9.17, 15) is 0 Å². The first-order chi connectivity index (χ1) is 9.11. The summed E-state index contributed by atoms with van der Waals surface area (Å²) in [5.74, 6) is 0.563. The van der Waals surface area contributed by atoms with Gasteiger partial charge < -0.3 is 9.64 Å². The highest BCUT2D eigenvalue weighted by atomic mass is 79.9. The molecule has 0 amide bonds. The number of nitrogens with zero attached hydrogens (tertiary/aromatic N) is 2. The zero-order valence-corrected chi connectivity index (χ0v) is 14.2. The number of aryl methyl sites for hydroxylation is 1. The molecule has 0 unspecified atom stereocenters. The predicted octanol–water partition coefficient (Wildman–Crippen LogP) is 3.72. The standard InChI is InChI=1S/C14H21BrN2OS/c1-10(2)12(9-15)8-13-11(3)16-14(19-13)17-4-6-18-7-5-17/h8,10H,4-7,9H2,1-3H3. The van der Waals surface area contributed by atoms with Crippen molar-refractivity contribution in [2.75, 3.05) is 36.5 Å². The molecule has 0 spiro atoms. The van der Waals surface area contributed by atoms with E-state index in [1.165, 1.54) is 10.5 Å². The number of anilines is 1. The van der Waals surface area contributed by atoms with E-state index in [2.05, 4.69) is 47.7 Å². The lowest BCUT2D eigenvalue weighted by Crippen LogP contribution is -2.36. The summed E-state index contributed by atoms with van der Waals surface area (Å²) in [6, 6.07) is 0. The van der Waals surface area contributed by atoms with Gasteiger partial charge in [0.15, 0.2) is 5.13 Å². The van der Waals surface area contributed by atoms with Crippen LogP contribution >= 0.6 is 27.3 Å². The first-order valence-corrected chi connectivity index (χ1v) is 8.62. The van der Waals surface area contributed by atoms with Gasteiger partial charge in [0.05, 0.1) is 23.8 Å². The van der Waals surface area contributed by atoms with Gasteiger partial charge in [0.25, 0.3) is 0 Å². The van der Waals surface area contributed by atoms with E-state index in [0.717, 1.165) is 42.5 Å². The van der Waals surface area contributed by atoms with Gasteiger partial charge in [-0.2, -0.15) is 0 Å². The molecule has 0 N–H and O–H groups in total. The molecule has 1 saturated heterocycles. The molecular weight excluding hydrogens is 324 g/mol. The Balaban J connectivity index is 2.20. The summed E-state index contributed by atoms with van der Waals surface area (Å²) in [4.78, 5) is 8.31. The highest BCUT2D eigenvalue weighted by molar-refractivity contribution is 9.09. The number of aromatic nitrogens is 1. The number of allylic oxidation sites excluding steroid dienone is 1. The summed E-state index contributed by atoms with van der Waals surface area (Å²) < 4.78 is 5.39. The third kappa shape index (κ3) is 3.80. The van der Waals surface area contributed by atoms with Gasteiger partial charge in [-0.3, -0.25) is 0 Å². The number of hydrogen-bond acceptors (Lipinski definition) is 4. The molecule has 0 saturated carbocycles. The molecule has 0 aliphatic carbocycles. The molecule has 0 atom stereocenters. The van der Waals surface area contributed by atoms with Crippen LogP contribution in [0.25, 0.3) is 6.08 Å². The van der Waals surface area contributed by atoms with E-state index in [4.69, 9.17) is 9.72 Å². The van der Waals surface area contributed by atoms with E-state index in [-0.39, 0.29) is 0 Å². The fraction of sp³-hybridized carbons (Fsp3) is 0.643. The Kier molecular flexibility index (Phi) is 5.42. The maximum atomic E-state index is 5.39. The van der Waals surface area contributed by atoms with Crippen molar-refractivity contribution >= 4 is 38.5 Å². The molecule has 1 aromatic rings. The molecule has 1 aliphatic rings. The highest BCUT2D eigenvalue weighted by Crippen LogP contribution is 2.29.